The molecule has 0 spiro atoms. The van der Waals surface area contributed by atoms with Crippen molar-refractivity contribution in [1.82, 2.24) is 9.78 Å². The Morgan fingerprint density at radius 3 is 2.29 bits per heavy atom. The number of aromatic nitrogens is 2. The van der Waals surface area contributed by atoms with Crippen LogP contribution in [0.4, 0.5) is 24.5 Å². The zero-order valence-corrected chi connectivity index (χ0v) is 23.2. The summed E-state index contributed by atoms with van der Waals surface area (Å²) in [6.07, 6.45) is 0.144. The second kappa shape index (κ2) is 11.9. The van der Waals surface area contributed by atoms with Gasteiger partial charge in [0.2, 0.25) is 5.91 Å². The molecule has 42 heavy (non-hydrogen) atoms. The van der Waals surface area contributed by atoms with Crippen LogP contribution in [-0.2, 0) is 17.4 Å². The van der Waals surface area contributed by atoms with Crippen molar-refractivity contribution < 1.29 is 32.3 Å². The molecule has 3 aromatic rings. The van der Waals surface area contributed by atoms with Crippen LogP contribution in [0.25, 0.3) is 5.69 Å². The van der Waals surface area contributed by atoms with E-state index in [9.17, 15) is 27.6 Å². The number of rotatable bonds is 9. The first kappa shape index (κ1) is 29.2. The minimum atomic E-state index is -4.65. The van der Waals surface area contributed by atoms with Gasteiger partial charge in [-0.25, -0.2) is 4.68 Å². The molecule has 2 N–H and O–H groups in total. The van der Waals surface area contributed by atoms with E-state index in [2.05, 4.69) is 5.10 Å². The van der Waals surface area contributed by atoms with Crippen molar-refractivity contribution in [2.24, 2.45) is 5.73 Å². The first-order chi connectivity index (χ1) is 20.1. The van der Waals surface area contributed by atoms with Crippen molar-refractivity contribution in [3.05, 3.63) is 65.0 Å². The van der Waals surface area contributed by atoms with Crippen LogP contribution in [-0.4, -0.2) is 47.2 Å². The summed E-state index contributed by atoms with van der Waals surface area (Å²) >= 11 is 0. The molecule has 3 amide bonds. The molecule has 1 fully saturated rings. The van der Waals surface area contributed by atoms with Gasteiger partial charge in [-0.3, -0.25) is 14.4 Å². The lowest BCUT2D eigenvalue weighted by Crippen LogP contribution is -2.39. The highest BCUT2D eigenvalue weighted by Gasteiger charge is 2.37. The molecule has 0 atom stereocenters. The number of nitrogens with two attached hydrogens (primary N) is 1. The van der Waals surface area contributed by atoms with Crippen molar-refractivity contribution in [3.63, 3.8) is 0 Å². The molecule has 2 aromatic carbocycles. The van der Waals surface area contributed by atoms with Gasteiger partial charge >= 0.3 is 6.18 Å². The monoisotopic (exact) mass is 583 g/mol. The van der Waals surface area contributed by atoms with Gasteiger partial charge in [-0.05, 0) is 62.1 Å². The van der Waals surface area contributed by atoms with Gasteiger partial charge in [-0.1, -0.05) is 19.8 Å². The van der Waals surface area contributed by atoms with Gasteiger partial charge in [0.15, 0.2) is 5.69 Å². The fourth-order valence-electron chi connectivity index (χ4n) is 5.41. The molecule has 0 saturated carbocycles. The lowest BCUT2D eigenvalue weighted by Gasteiger charge is -2.29. The number of primary amides is 1. The number of piperidine rings is 1. The number of carbonyl (C=O) groups excluding carboxylic acids is 3. The predicted molar refractivity (Wildman–Crippen MR) is 150 cm³/mol. The minimum absolute atomic E-state index is 0.0435. The first-order valence-corrected chi connectivity index (χ1v) is 14.1. The molecule has 2 aliphatic heterocycles. The molecule has 222 valence electrons. The molecule has 12 heteroatoms. The van der Waals surface area contributed by atoms with Gasteiger partial charge in [0.05, 0.1) is 17.9 Å². The molecule has 0 bridgehead atoms. The second-order valence-electron chi connectivity index (χ2n) is 10.4. The SMILES string of the molecule is CCCCCOc1cc(-n2nc(C(N)=O)c3c2C(=O)N(c2ccc(N4CCCCC4=O)cc2)CC3)ccc1C(F)(F)F. The smallest absolute Gasteiger partial charge is 0.419 e. The maximum absolute atomic E-state index is 13.9. The molecule has 3 heterocycles. The summed E-state index contributed by atoms with van der Waals surface area (Å²) in [6.45, 7) is 2.94. The van der Waals surface area contributed by atoms with Crippen molar-refractivity contribution >= 4 is 29.1 Å². The maximum Gasteiger partial charge on any atom is 0.419 e. The number of nitrogens with zero attached hydrogens (tertiary/aromatic N) is 4. The first-order valence-electron chi connectivity index (χ1n) is 14.1. The van der Waals surface area contributed by atoms with E-state index in [1.54, 1.807) is 29.2 Å². The van der Waals surface area contributed by atoms with Crippen molar-refractivity contribution in [3.8, 4) is 11.4 Å². The number of hydrogen-bond donors (Lipinski definition) is 1. The standard InChI is InChI=1S/C30H32F3N5O4/c1-2-3-6-17-42-24-18-21(12-13-23(24)30(31,32)33)38-27-22(26(35-38)28(34)40)14-16-37(29(27)41)20-10-8-19(9-11-20)36-15-5-4-7-25(36)39/h8-13,18H,2-7,14-17H2,1H3,(H2,34,40). The Hall–Kier alpha value is -4.35. The van der Waals surface area contributed by atoms with Crippen LogP contribution >= 0.6 is 0 Å². The van der Waals surface area contributed by atoms with E-state index in [1.807, 2.05) is 6.92 Å². The molecular formula is C30H32F3N5O4. The van der Waals surface area contributed by atoms with Crippen LogP contribution in [0.5, 0.6) is 5.75 Å². The average molecular weight is 584 g/mol. The number of ether oxygens (including phenoxy) is 1. The third-order valence-electron chi connectivity index (χ3n) is 7.57. The Balaban J connectivity index is 1.50. The van der Waals surface area contributed by atoms with Gasteiger partial charge in [0, 0.05) is 42.5 Å². The summed E-state index contributed by atoms with van der Waals surface area (Å²) < 4.78 is 48.0. The van der Waals surface area contributed by atoms with Crippen LogP contribution in [0.1, 0.15) is 77.6 Å². The number of unbranched alkanes of at least 4 members (excludes halogenated alkanes) is 2. The van der Waals surface area contributed by atoms with E-state index in [4.69, 9.17) is 10.5 Å². The molecule has 1 aromatic heterocycles. The summed E-state index contributed by atoms with van der Waals surface area (Å²) in [7, 11) is 0. The van der Waals surface area contributed by atoms with Crippen LogP contribution in [0, 0.1) is 0 Å². The van der Waals surface area contributed by atoms with Crippen LogP contribution in [0.3, 0.4) is 0 Å². The van der Waals surface area contributed by atoms with E-state index in [0.717, 1.165) is 37.4 Å². The van der Waals surface area contributed by atoms with E-state index < -0.39 is 23.6 Å². The summed E-state index contributed by atoms with van der Waals surface area (Å²) in [5.74, 6) is -1.65. The number of fused-ring (bicyclic) bond motifs is 1. The molecule has 0 unspecified atom stereocenters. The summed E-state index contributed by atoms with van der Waals surface area (Å²) in [6, 6.07) is 10.3. The Bertz CT molecular complexity index is 1500. The highest BCUT2D eigenvalue weighted by molar-refractivity contribution is 6.09. The third kappa shape index (κ3) is 5.70. The molecule has 0 aliphatic carbocycles. The Labute approximate surface area is 241 Å². The van der Waals surface area contributed by atoms with Gasteiger partial charge in [-0.15, -0.1) is 0 Å². The van der Waals surface area contributed by atoms with E-state index >= 15 is 0 Å². The van der Waals surface area contributed by atoms with Crippen molar-refractivity contribution in [2.45, 2.75) is 58.0 Å². The van der Waals surface area contributed by atoms with Crippen LogP contribution < -0.4 is 20.3 Å². The van der Waals surface area contributed by atoms with Crippen LogP contribution in [0.15, 0.2) is 42.5 Å². The molecular weight excluding hydrogens is 551 g/mol. The van der Waals surface area contributed by atoms with Crippen molar-refractivity contribution in [1.29, 1.82) is 0 Å². The zero-order chi connectivity index (χ0) is 30.0. The molecule has 9 nitrogen and oxygen atoms in total. The normalized spacial score (nSPS) is 15.6. The fraction of sp³-hybridized carbons (Fsp3) is 0.400. The van der Waals surface area contributed by atoms with Gasteiger partial charge in [-0.2, -0.15) is 18.3 Å². The minimum Gasteiger partial charge on any atom is -0.493 e. The number of benzene rings is 2. The van der Waals surface area contributed by atoms with Crippen molar-refractivity contribution in [2.75, 3.05) is 29.5 Å². The number of carbonyl (C=O) groups is 3. The number of amides is 3. The summed E-state index contributed by atoms with van der Waals surface area (Å²) in [5, 5.41) is 4.28. The lowest BCUT2D eigenvalue weighted by molar-refractivity contribution is -0.139. The Morgan fingerprint density at radius 2 is 1.64 bits per heavy atom. The molecule has 2 aliphatic rings. The quantitative estimate of drug-likeness (QED) is 0.345. The largest absolute Gasteiger partial charge is 0.493 e. The van der Waals surface area contributed by atoms with Gasteiger partial charge < -0.3 is 20.3 Å². The Kier molecular flexibility index (Phi) is 8.24. The summed E-state index contributed by atoms with van der Waals surface area (Å²) in [4.78, 5) is 41.7. The fourth-order valence-corrected chi connectivity index (χ4v) is 5.41. The van der Waals surface area contributed by atoms with Gasteiger partial charge in [0.25, 0.3) is 11.8 Å². The second-order valence-corrected chi connectivity index (χ2v) is 10.4. The topological polar surface area (TPSA) is 111 Å². The molecule has 1 saturated heterocycles. The number of halogens is 3. The van der Waals surface area contributed by atoms with E-state index in [0.29, 0.717) is 30.6 Å². The van der Waals surface area contributed by atoms with E-state index in [1.165, 1.54) is 21.7 Å². The highest BCUT2D eigenvalue weighted by atomic mass is 19.4. The molecule has 5 rings (SSSR count). The predicted octanol–water partition coefficient (Wildman–Crippen LogP) is 5.28. The van der Waals surface area contributed by atoms with E-state index in [-0.39, 0.29) is 48.3 Å². The number of hydrogen-bond acceptors (Lipinski definition) is 5. The highest BCUT2D eigenvalue weighted by Crippen LogP contribution is 2.38. The third-order valence-corrected chi connectivity index (χ3v) is 7.57. The molecule has 0 radical (unpaired) electrons. The summed E-state index contributed by atoms with van der Waals surface area (Å²) in [5.41, 5.74) is 6.35. The maximum atomic E-state index is 13.9. The average Bonchev–Trinajstić information content (AvgIpc) is 3.36. The van der Waals surface area contributed by atoms with Crippen LogP contribution in [0.2, 0.25) is 0 Å². The lowest BCUT2D eigenvalue weighted by atomic mass is 10.0. The Morgan fingerprint density at radius 1 is 0.952 bits per heavy atom. The number of alkyl halides is 3. The number of anilines is 2. The van der Waals surface area contributed by atoms with Gasteiger partial charge in [0.1, 0.15) is 11.4 Å². The zero-order valence-electron chi connectivity index (χ0n) is 23.2.